The van der Waals surface area contributed by atoms with Crippen LogP contribution in [0.2, 0.25) is 0 Å². The minimum absolute atomic E-state index is 0.178. The predicted octanol–water partition coefficient (Wildman–Crippen LogP) is -0.268. The lowest BCUT2D eigenvalue weighted by Gasteiger charge is -2.23. The van der Waals surface area contributed by atoms with E-state index in [2.05, 4.69) is 4.90 Å². The Morgan fingerprint density at radius 2 is 2.06 bits per heavy atom. The molecule has 0 bridgehead atoms. The summed E-state index contributed by atoms with van der Waals surface area (Å²) in [6.45, 7) is 4.51. The molecule has 0 aromatic carbocycles. The molecule has 16 heavy (non-hydrogen) atoms. The lowest BCUT2D eigenvalue weighted by molar-refractivity contribution is -0.121. The van der Waals surface area contributed by atoms with Gasteiger partial charge in [-0.25, -0.2) is 0 Å². The number of hydrogen-bond donors (Lipinski definition) is 2. The zero-order valence-corrected chi connectivity index (χ0v) is 10.8. The topological polar surface area (TPSA) is 81.6 Å². The molecule has 0 aromatic heterocycles. The molecule has 0 saturated heterocycles. The number of hydrogen-bond acceptors (Lipinski definition) is 4. The summed E-state index contributed by atoms with van der Waals surface area (Å²) in [5, 5.41) is 0. The Morgan fingerprint density at radius 1 is 1.44 bits per heavy atom. The van der Waals surface area contributed by atoms with Crippen molar-refractivity contribution in [3.8, 4) is 0 Å². The maximum Gasteiger partial charge on any atom is 0.221 e. The van der Waals surface area contributed by atoms with Crippen LogP contribution in [-0.2, 0) is 9.53 Å². The summed E-state index contributed by atoms with van der Waals surface area (Å²) in [5.74, 6) is -0.471. The summed E-state index contributed by atoms with van der Waals surface area (Å²) in [6, 6.07) is 0. The molecule has 0 rings (SSSR count). The lowest BCUT2D eigenvalue weighted by Crippen LogP contribution is -2.38. The SMILES string of the molecule is COCCN(CCC(N)=S)CC(C)C(N)=O. The van der Waals surface area contributed by atoms with E-state index in [4.69, 9.17) is 28.4 Å². The lowest BCUT2D eigenvalue weighted by atomic mass is 10.1. The summed E-state index contributed by atoms with van der Waals surface area (Å²) < 4.78 is 5.00. The van der Waals surface area contributed by atoms with Gasteiger partial charge in [-0.1, -0.05) is 19.1 Å². The molecule has 1 unspecified atom stereocenters. The van der Waals surface area contributed by atoms with Crippen molar-refractivity contribution in [3.63, 3.8) is 0 Å². The average Bonchev–Trinajstić information content (AvgIpc) is 2.21. The first-order valence-electron chi connectivity index (χ1n) is 5.26. The van der Waals surface area contributed by atoms with Crippen molar-refractivity contribution in [2.75, 3.05) is 33.4 Å². The fourth-order valence-electron chi connectivity index (χ4n) is 1.26. The largest absolute Gasteiger partial charge is 0.393 e. The first-order chi connectivity index (χ1) is 7.47. The van der Waals surface area contributed by atoms with Crippen LogP contribution >= 0.6 is 12.2 Å². The number of rotatable bonds is 9. The van der Waals surface area contributed by atoms with Crippen LogP contribution in [0.4, 0.5) is 0 Å². The van der Waals surface area contributed by atoms with E-state index in [0.29, 0.717) is 24.6 Å². The van der Waals surface area contributed by atoms with Crippen molar-refractivity contribution >= 4 is 23.1 Å². The molecule has 0 spiro atoms. The number of ether oxygens (including phenoxy) is 1. The number of thiocarbonyl (C=S) groups is 1. The first kappa shape index (κ1) is 15.3. The molecule has 4 N–H and O–H groups in total. The van der Waals surface area contributed by atoms with Gasteiger partial charge in [0.15, 0.2) is 0 Å². The summed E-state index contributed by atoms with van der Waals surface area (Å²) in [7, 11) is 1.64. The van der Waals surface area contributed by atoms with Gasteiger partial charge in [0.2, 0.25) is 5.91 Å². The third kappa shape index (κ3) is 7.56. The number of methoxy groups -OCH3 is 1. The van der Waals surface area contributed by atoms with E-state index in [1.807, 2.05) is 6.92 Å². The number of carbonyl (C=O) groups is 1. The van der Waals surface area contributed by atoms with Crippen LogP contribution in [0.15, 0.2) is 0 Å². The molecular formula is C10H21N3O2S. The molecule has 0 heterocycles. The third-order valence-corrected chi connectivity index (χ3v) is 2.51. The van der Waals surface area contributed by atoms with Crippen LogP contribution in [0.1, 0.15) is 13.3 Å². The van der Waals surface area contributed by atoms with E-state index in [9.17, 15) is 4.79 Å². The van der Waals surface area contributed by atoms with Gasteiger partial charge in [0, 0.05) is 39.1 Å². The zero-order chi connectivity index (χ0) is 12.6. The highest BCUT2D eigenvalue weighted by Crippen LogP contribution is 2.00. The molecular weight excluding hydrogens is 226 g/mol. The molecule has 5 nitrogen and oxygen atoms in total. The highest BCUT2D eigenvalue weighted by molar-refractivity contribution is 7.80. The van der Waals surface area contributed by atoms with E-state index in [1.165, 1.54) is 0 Å². The summed E-state index contributed by atoms with van der Waals surface area (Å²) in [5.41, 5.74) is 10.7. The van der Waals surface area contributed by atoms with E-state index in [-0.39, 0.29) is 11.8 Å². The van der Waals surface area contributed by atoms with E-state index >= 15 is 0 Å². The van der Waals surface area contributed by atoms with Crippen LogP contribution in [0.3, 0.4) is 0 Å². The van der Waals surface area contributed by atoms with Crippen LogP contribution in [0.25, 0.3) is 0 Å². The standard InChI is InChI=1S/C10H21N3O2S/c1-8(10(12)14)7-13(5-6-15-2)4-3-9(11)16/h8H,3-7H2,1-2H3,(H2,11,16)(H2,12,14). The van der Waals surface area contributed by atoms with Crippen LogP contribution < -0.4 is 11.5 Å². The number of primary amides is 1. The summed E-state index contributed by atoms with van der Waals surface area (Å²) in [6.07, 6.45) is 0.643. The van der Waals surface area contributed by atoms with Crippen molar-refractivity contribution in [2.24, 2.45) is 17.4 Å². The highest BCUT2D eigenvalue weighted by Gasteiger charge is 2.14. The Morgan fingerprint density at radius 3 is 2.50 bits per heavy atom. The van der Waals surface area contributed by atoms with Crippen molar-refractivity contribution in [3.05, 3.63) is 0 Å². The van der Waals surface area contributed by atoms with Gasteiger partial charge < -0.3 is 16.2 Å². The van der Waals surface area contributed by atoms with Crippen molar-refractivity contribution in [1.29, 1.82) is 0 Å². The molecule has 0 saturated carbocycles. The third-order valence-electron chi connectivity index (χ3n) is 2.30. The van der Waals surface area contributed by atoms with Gasteiger partial charge in [-0.3, -0.25) is 9.69 Å². The quantitative estimate of drug-likeness (QED) is 0.548. The number of amides is 1. The molecule has 0 aliphatic carbocycles. The van der Waals surface area contributed by atoms with Crippen LogP contribution in [0.5, 0.6) is 0 Å². The Bertz CT molecular complexity index is 236. The van der Waals surface area contributed by atoms with E-state index < -0.39 is 0 Å². The van der Waals surface area contributed by atoms with E-state index in [0.717, 1.165) is 13.1 Å². The van der Waals surface area contributed by atoms with Gasteiger partial charge in [-0.15, -0.1) is 0 Å². The second kappa shape index (κ2) is 8.43. The highest BCUT2D eigenvalue weighted by atomic mass is 32.1. The minimum Gasteiger partial charge on any atom is -0.393 e. The van der Waals surface area contributed by atoms with Crippen molar-refractivity contribution in [1.82, 2.24) is 4.90 Å². The number of carbonyl (C=O) groups excluding carboxylic acids is 1. The van der Waals surface area contributed by atoms with Gasteiger partial charge >= 0.3 is 0 Å². The van der Waals surface area contributed by atoms with Crippen LogP contribution in [0, 0.1) is 5.92 Å². The molecule has 94 valence electrons. The average molecular weight is 247 g/mol. The summed E-state index contributed by atoms with van der Waals surface area (Å²) in [4.78, 5) is 13.5. The molecule has 0 radical (unpaired) electrons. The maximum absolute atomic E-state index is 11.0. The van der Waals surface area contributed by atoms with Gasteiger partial charge in [-0.05, 0) is 0 Å². The number of nitrogens with two attached hydrogens (primary N) is 2. The zero-order valence-electron chi connectivity index (χ0n) is 9.94. The molecule has 1 amide bonds. The minimum atomic E-state index is -0.294. The maximum atomic E-state index is 11.0. The molecule has 0 fully saturated rings. The molecule has 0 aromatic rings. The Kier molecular flexibility index (Phi) is 8.05. The van der Waals surface area contributed by atoms with Gasteiger partial charge in [0.1, 0.15) is 0 Å². The van der Waals surface area contributed by atoms with Crippen molar-refractivity contribution < 1.29 is 9.53 Å². The smallest absolute Gasteiger partial charge is 0.221 e. The van der Waals surface area contributed by atoms with Gasteiger partial charge in [-0.2, -0.15) is 0 Å². The molecule has 0 aliphatic rings. The second-order valence-electron chi connectivity index (χ2n) is 3.81. The van der Waals surface area contributed by atoms with E-state index in [1.54, 1.807) is 7.11 Å². The Balaban J connectivity index is 4.08. The fourth-order valence-corrected chi connectivity index (χ4v) is 1.35. The van der Waals surface area contributed by atoms with Crippen LogP contribution in [-0.4, -0.2) is 49.1 Å². The molecule has 1 atom stereocenters. The Hall–Kier alpha value is -0.720. The fraction of sp³-hybridized carbons (Fsp3) is 0.800. The summed E-state index contributed by atoms with van der Waals surface area (Å²) >= 11 is 4.82. The first-order valence-corrected chi connectivity index (χ1v) is 5.67. The molecule has 6 heteroatoms. The number of nitrogens with zero attached hydrogens (tertiary/aromatic N) is 1. The Labute approximate surface area is 102 Å². The molecule has 0 aliphatic heterocycles. The van der Waals surface area contributed by atoms with Gasteiger partial charge in [0.05, 0.1) is 11.6 Å². The normalized spacial score (nSPS) is 12.7. The predicted molar refractivity (Wildman–Crippen MR) is 68.1 cm³/mol. The monoisotopic (exact) mass is 247 g/mol. The van der Waals surface area contributed by atoms with Crippen molar-refractivity contribution in [2.45, 2.75) is 13.3 Å². The second-order valence-corrected chi connectivity index (χ2v) is 4.34. The van der Waals surface area contributed by atoms with Gasteiger partial charge in [0.25, 0.3) is 0 Å².